The fraction of sp³-hybridized carbons (Fsp3) is 0.0638. The van der Waals surface area contributed by atoms with Gasteiger partial charge in [-0.3, -0.25) is 0 Å². The molecular formula is C47H32OS. The molecule has 7 aromatic carbocycles. The summed E-state index contributed by atoms with van der Waals surface area (Å²) in [5.41, 5.74) is 11.2. The van der Waals surface area contributed by atoms with Crippen LogP contribution < -0.4 is 0 Å². The minimum Gasteiger partial charge on any atom is -0.456 e. The lowest BCUT2D eigenvalue weighted by molar-refractivity contribution is 0.595. The summed E-state index contributed by atoms with van der Waals surface area (Å²) >= 11 is 1.83. The second kappa shape index (κ2) is 10.9. The van der Waals surface area contributed by atoms with E-state index in [0.29, 0.717) is 0 Å². The van der Waals surface area contributed by atoms with Crippen LogP contribution >= 0.6 is 11.3 Å². The largest absolute Gasteiger partial charge is 0.456 e. The van der Waals surface area contributed by atoms with Crippen LogP contribution in [0.5, 0.6) is 0 Å². The van der Waals surface area contributed by atoms with Gasteiger partial charge in [-0.05, 0) is 110 Å². The van der Waals surface area contributed by atoms with E-state index in [4.69, 9.17) is 4.42 Å². The van der Waals surface area contributed by atoms with Crippen molar-refractivity contribution in [2.45, 2.75) is 19.8 Å². The Balaban J connectivity index is 1.20. The molecule has 0 bridgehead atoms. The van der Waals surface area contributed by atoms with E-state index in [-0.39, 0.29) is 0 Å². The molecule has 1 aliphatic carbocycles. The number of thiophene rings is 1. The lowest BCUT2D eigenvalue weighted by Crippen LogP contribution is -1.92. The molecule has 2 aromatic heterocycles. The molecule has 0 saturated carbocycles. The Kier molecular flexibility index (Phi) is 6.31. The van der Waals surface area contributed by atoms with E-state index in [2.05, 4.69) is 147 Å². The second-order valence-corrected chi connectivity index (χ2v) is 14.2. The van der Waals surface area contributed by atoms with Gasteiger partial charge in [-0.25, -0.2) is 0 Å². The molecule has 1 aliphatic rings. The van der Waals surface area contributed by atoms with E-state index in [9.17, 15) is 0 Å². The highest BCUT2D eigenvalue weighted by atomic mass is 32.1. The Morgan fingerprint density at radius 3 is 2.02 bits per heavy atom. The van der Waals surface area contributed by atoms with Crippen molar-refractivity contribution in [2.75, 3.05) is 0 Å². The molecule has 0 atom stereocenters. The van der Waals surface area contributed by atoms with Crippen LogP contribution in [0.15, 0.2) is 138 Å². The third-order valence-electron chi connectivity index (χ3n) is 10.5. The van der Waals surface area contributed by atoms with Crippen molar-refractivity contribution >= 4 is 76.9 Å². The lowest BCUT2D eigenvalue weighted by Gasteiger charge is -2.18. The van der Waals surface area contributed by atoms with Gasteiger partial charge >= 0.3 is 0 Å². The number of fused-ring (bicyclic) bond motifs is 7. The predicted octanol–water partition coefficient (Wildman–Crippen LogP) is 14.0. The molecule has 0 fully saturated rings. The zero-order chi connectivity index (χ0) is 32.6. The van der Waals surface area contributed by atoms with Crippen molar-refractivity contribution in [3.63, 3.8) is 0 Å². The minimum atomic E-state index is 0.977. The fourth-order valence-corrected chi connectivity index (χ4v) is 9.42. The summed E-state index contributed by atoms with van der Waals surface area (Å²) in [6.07, 6.45) is 8.45. The second-order valence-electron chi connectivity index (χ2n) is 13.2. The molecule has 10 rings (SSSR count). The Labute approximate surface area is 289 Å². The van der Waals surface area contributed by atoms with Gasteiger partial charge in [0.2, 0.25) is 0 Å². The van der Waals surface area contributed by atoms with Crippen LogP contribution in [0.2, 0.25) is 0 Å². The summed E-state index contributed by atoms with van der Waals surface area (Å²) in [6.45, 7) is 6.52. The van der Waals surface area contributed by atoms with Crippen molar-refractivity contribution in [3.05, 3.63) is 156 Å². The third kappa shape index (κ3) is 4.24. The summed E-state index contributed by atoms with van der Waals surface area (Å²) in [5, 5.41) is 10.1. The number of allylic oxidation sites excluding steroid dienone is 1. The van der Waals surface area contributed by atoms with E-state index in [1.54, 1.807) is 0 Å². The van der Waals surface area contributed by atoms with Gasteiger partial charge in [0.25, 0.3) is 0 Å². The molecule has 0 radical (unpaired) electrons. The maximum Gasteiger partial charge on any atom is 0.135 e. The summed E-state index contributed by atoms with van der Waals surface area (Å²) < 4.78 is 7.54. The van der Waals surface area contributed by atoms with Gasteiger partial charge in [-0.2, -0.15) is 0 Å². The maximum absolute atomic E-state index is 6.27. The number of hydrogen-bond donors (Lipinski definition) is 0. The summed E-state index contributed by atoms with van der Waals surface area (Å²) in [4.78, 5) is 1.20. The van der Waals surface area contributed by atoms with Gasteiger partial charge in [0.1, 0.15) is 11.3 Å². The van der Waals surface area contributed by atoms with Crippen LogP contribution in [0.4, 0.5) is 0 Å². The standard InChI is InChI=1S/C47H32OS/c1-3-42-47(33-24-25-41-44(28(33)2)38-18-10-11-19-40(38)48-41)39-23-22-32(27-43(39)49-42)46-36-16-8-6-14-34(36)45(35-15-7-9-17-37(35)46)31-21-20-29-12-4-5-13-30(29)26-31/h3-9,11-17,19-27H,1,10,18H2,2H3. The summed E-state index contributed by atoms with van der Waals surface area (Å²) in [7, 11) is 0. The molecule has 49 heavy (non-hydrogen) atoms. The first-order chi connectivity index (χ1) is 24.2. The number of hydrogen-bond acceptors (Lipinski definition) is 2. The van der Waals surface area contributed by atoms with Crippen molar-refractivity contribution in [2.24, 2.45) is 0 Å². The summed E-state index contributed by atoms with van der Waals surface area (Å²) in [5.74, 6) is 1.01. The van der Waals surface area contributed by atoms with Crippen LogP contribution in [0.1, 0.15) is 28.2 Å². The molecule has 232 valence electrons. The van der Waals surface area contributed by atoms with Gasteiger partial charge in [-0.15, -0.1) is 11.3 Å². The van der Waals surface area contributed by atoms with Gasteiger partial charge in [0.15, 0.2) is 0 Å². The first-order valence-corrected chi connectivity index (χ1v) is 17.8. The number of furan rings is 1. The zero-order valence-electron chi connectivity index (χ0n) is 27.2. The topological polar surface area (TPSA) is 13.1 Å². The third-order valence-corrected chi connectivity index (χ3v) is 11.7. The van der Waals surface area contributed by atoms with E-state index < -0.39 is 0 Å². The molecule has 0 spiro atoms. The van der Waals surface area contributed by atoms with E-state index >= 15 is 0 Å². The Morgan fingerprint density at radius 2 is 1.31 bits per heavy atom. The Hall–Kier alpha value is -5.70. The average Bonchev–Trinajstić information content (AvgIpc) is 3.72. The SMILES string of the molecule is C=Cc1sc2cc(-c3c4ccccc4c(-c4ccc5ccccc5c4)c4ccccc34)ccc2c1-c1ccc2oc3c(c2c1C)CCC=C3. The summed E-state index contributed by atoms with van der Waals surface area (Å²) in [6, 6.07) is 44.8. The first-order valence-electron chi connectivity index (χ1n) is 17.0. The molecule has 0 aliphatic heterocycles. The first kappa shape index (κ1) is 28.3. The van der Waals surface area contributed by atoms with Crippen molar-refractivity contribution in [1.82, 2.24) is 0 Å². The molecular weight excluding hydrogens is 613 g/mol. The van der Waals surface area contributed by atoms with Crippen molar-refractivity contribution in [3.8, 4) is 33.4 Å². The molecule has 0 N–H and O–H groups in total. The van der Waals surface area contributed by atoms with Gasteiger partial charge in [0, 0.05) is 31.5 Å². The van der Waals surface area contributed by atoms with Gasteiger partial charge in [-0.1, -0.05) is 122 Å². The van der Waals surface area contributed by atoms with Crippen LogP contribution in [0, 0.1) is 6.92 Å². The normalized spacial score (nSPS) is 12.8. The molecule has 0 unspecified atom stereocenters. The quantitative estimate of drug-likeness (QED) is 0.174. The molecule has 2 heterocycles. The van der Waals surface area contributed by atoms with Crippen LogP contribution in [-0.2, 0) is 6.42 Å². The van der Waals surface area contributed by atoms with E-state index in [0.717, 1.165) is 24.2 Å². The number of rotatable bonds is 4. The van der Waals surface area contributed by atoms with Crippen LogP contribution in [-0.4, -0.2) is 0 Å². The molecule has 9 aromatic rings. The molecule has 2 heteroatoms. The number of benzene rings is 7. The monoisotopic (exact) mass is 644 g/mol. The van der Waals surface area contributed by atoms with Crippen LogP contribution in [0.25, 0.3) is 98.9 Å². The fourth-order valence-electron chi connectivity index (χ4n) is 8.31. The van der Waals surface area contributed by atoms with E-state index in [1.807, 2.05) is 17.4 Å². The van der Waals surface area contributed by atoms with Crippen LogP contribution in [0.3, 0.4) is 0 Å². The average molecular weight is 645 g/mol. The molecule has 0 saturated heterocycles. The van der Waals surface area contributed by atoms with Crippen molar-refractivity contribution in [1.29, 1.82) is 0 Å². The zero-order valence-corrected chi connectivity index (χ0v) is 28.0. The lowest BCUT2D eigenvalue weighted by atomic mass is 9.85. The van der Waals surface area contributed by atoms with Gasteiger partial charge < -0.3 is 4.42 Å². The smallest absolute Gasteiger partial charge is 0.135 e. The maximum atomic E-state index is 6.27. The molecule has 0 amide bonds. The Bertz CT molecular complexity index is 2800. The Morgan fingerprint density at radius 1 is 0.653 bits per heavy atom. The minimum absolute atomic E-state index is 0.977. The predicted molar refractivity (Wildman–Crippen MR) is 213 cm³/mol. The van der Waals surface area contributed by atoms with Gasteiger partial charge in [0.05, 0.1) is 0 Å². The molecule has 1 nitrogen and oxygen atoms in total. The van der Waals surface area contributed by atoms with Crippen molar-refractivity contribution < 1.29 is 4.42 Å². The highest BCUT2D eigenvalue weighted by Gasteiger charge is 2.22. The highest BCUT2D eigenvalue weighted by Crippen LogP contribution is 2.48. The number of aryl methyl sites for hydroxylation is 2. The highest BCUT2D eigenvalue weighted by molar-refractivity contribution is 7.20. The van der Waals surface area contributed by atoms with E-state index in [1.165, 1.54) is 97.2 Å².